The maximum absolute atomic E-state index is 12.8. The van der Waals surface area contributed by atoms with Gasteiger partial charge in [-0.1, -0.05) is 12.6 Å². The molecule has 1 aliphatic rings. The van der Waals surface area contributed by atoms with E-state index in [1.807, 2.05) is 0 Å². The summed E-state index contributed by atoms with van der Waals surface area (Å²) in [7, 11) is -2.21. The molecule has 1 heterocycles. The van der Waals surface area contributed by atoms with E-state index >= 15 is 0 Å². The number of hydrogen-bond donors (Lipinski definition) is 1. The molecular weight excluding hydrogens is 366 g/mol. The summed E-state index contributed by atoms with van der Waals surface area (Å²) < 4.78 is 26.8. The zero-order valence-corrected chi connectivity index (χ0v) is 16.5. The monoisotopic (exact) mass is 393 g/mol. The van der Waals surface area contributed by atoms with Crippen molar-refractivity contribution < 1.29 is 18.0 Å². The van der Waals surface area contributed by atoms with Crippen LogP contribution in [0.1, 0.15) is 36.0 Å². The second-order valence-electron chi connectivity index (χ2n) is 6.56. The summed E-state index contributed by atoms with van der Waals surface area (Å²) >= 11 is 0. The van der Waals surface area contributed by atoms with Gasteiger partial charge in [0.15, 0.2) is 0 Å². The van der Waals surface area contributed by atoms with Crippen LogP contribution in [-0.4, -0.2) is 62.7 Å². The first-order valence-corrected chi connectivity index (χ1v) is 10.6. The lowest BCUT2D eigenvalue weighted by atomic mass is 10.1. The van der Waals surface area contributed by atoms with Crippen LogP contribution in [0.5, 0.6) is 0 Å². The van der Waals surface area contributed by atoms with Gasteiger partial charge in [-0.3, -0.25) is 9.59 Å². The summed E-state index contributed by atoms with van der Waals surface area (Å²) in [6.45, 7) is 5.40. The van der Waals surface area contributed by atoms with Gasteiger partial charge in [-0.25, -0.2) is 12.7 Å². The topological polar surface area (TPSA) is 86.8 Å². The van der Waals surface area contributed by atoms with Crippen molar-refractivity contribution in [3.05, 3.63) is 42.5 Å². The van der Waals surface area contributed by atoms with Crippen LogP contribution in [0.25, 0.3) is 0 Å². The Bertz CT molecular complexity index is 786. The van der Waals surface area contributed by atoms with Crippen LogP contribution in [0, 0.1) is 0 Å². The molecule has 0 radical (unpaired) electrons. The number of hydrogen-bond acceptors (Lipinski definition) is 4. The van der Waals surface area contributed by atoms with Gasteiger partial charge < -0.3 is 10.2 Å². The van der Waals surface area contributed by atoms with Gasteiger partial charge in [-0.2, -0.15) is 0 Å². The van der Waals surface area contributed by atoms with Gasteiger partial charge in [0.25, 0.3) is 5.91 Å². The average molecular weight is 394 g/mol. The number of nitrogens with one attached hydrogen (secondary N) is 1. The number of carbonyl (C=O) groups is 2. The maximum atomic E-state index is 12.8. The Balaban J connectivity index is 2.03. The molecule has 27 heavy (non-hydrogen) atoms. The van der Waals surface area contributed by atoms with E-state index in [-0.39, 0.29) is 23.3 Å². The lowest BCUT2D eigenvalue weighted by molar-refractivity contribution is -0.116. The lowest BCUT2D eigenvalue weighted by Crippen LogP contribution is -2.35. The van der Waals surface area contributed by atoms with E-state index < -0.39 is 10.0 Å². The molecule has 0 spiro atoms. The molecule has 1 aliphatic heterocycles. The molecule has 2 rings (SSSR count). The Morgan fingerprint density at radius 3 is 2.63 bits per heavy atom. The number of piperidine rings is 1. The second-order valence-corrected chi connectivity index (χ2v) is 8.60. The standard InChI is InChI=1S/C19H27N3O4S/c1-3-18(23)20-11-8-12-21(2)27(25,26)17-10-7-9-16(15-17)19(24)22-13-5-4-6-14-22/h3,7,9-10,15H,1,4-6,8,11-14H2,2H3,(H,20,23). The van der Waals surface area contributed by atoms with Crippen LogP contribution in [0.15, 0.2) is 41.8 Å². The molecule has 2 amide bonds. The van der Waals surface area contributed by atoms with Crippen LogP contribution in [0.3, 0.4) is 0 Å². The highest BCUT2D eigenvalue weighted by Crippen LogP contribution is 2.19. The maximum Gasteiger partial charge on any atom is 0.253 e. The Morgan fingerprint density at radius 2 is 1.96 bits per heavy atom. The molecule has 1 N–H and O–H groups in total. The first kappa shape index (κ1) is 21.1. The molecule has 0 bridgehead atoms. The normalized spacial score (nSPS) is 14.8. The molecule has 8 heteroatoms. The summed E-state index contributed by atoms with van der Waals surface area (Å²) in [6, 6.07) is 6.20. The molecule has 1 aromatic rings. The van der Waals surface area contributed by atoms with Gasteiger partial charge in [0.2, 0.25) is 15.9 Å². The highest BCUT2D eigenvalue weighted by atomic mass is 32.2. The van der Waals surface area contributed by atoms with Crippen LogP contribution in [0.4, 0.5) is 0 Å². The van der Waals surface area contributed by atoms with E-state index in [0.717, 1.165) is 19.3 Å². The molecule has 0 saturated carbocycles. The first-order valence-electron chi connectivity index (χ1n) is 9.12. The fourth-order valence-corrected chi connectivity index (χ4v) is 4.21. The van der Waals surface area contributed by atoms with Crippen molar-refractivity contribution >= 4 is 21.8 Å². The minimum Gasteiger partial charge on any atom is -0.353 e. The molecule has 148 valence electrons. The quantitative estimate of drug-likeness (QED) is 0.537. The zero-order valence-electron chi connectivity index (χ0n) is 15.7. The van der Waals surface area contributed by atoms with E-state index in [2.05, 4.69) is 11.9 Å². The minimum absolute atomic E-state index is 0.1000. The number of sulfonamides is 1. The van der Waals surface area contributed by atoms with Gasteiger partial charge in [-0.05, 0) is 50.0 Å². The average Bonchev–Trinajstić information content (AvgIpc) is 2.70. The predicted molar refractivity (Wildman–Crippen MR) is 104 cm³/mol. The first-order chi connectivity index (χ1) is 12.9. The Hall–Kier alpha value is -2.19. The smallest absolute Gasteiger partial charge is 0.253 e. The van der Waals surface area contributed by atoms with Gasteiger partial charge >= 0.3 is 0 Å². The van der Waals surface area contributed by atoms with Crippen molar-refractivity contribution in [2.24, 2.45) is 0 Å². The molecule has 1 saturated heterocycles. The Kier molecular flexibility index (Phi) is 7.55. The molecule has 1 fully saturated rings. The molecule has 0 unspecified atom stereocenters. The van der Waals surface area contributed by atoms with Gasteiger partial charge in [-0.15, -0.1) is 0 Å². The fraction of sp³-hybridized carbons (Fsp3) is 0.474. The highest BCUT2D eigenvalue weighted by Gasteiger charge is 2.23. The predicted octanol–water partition coefficient (Wildman–Crippen LogP) is 1.63. The van der Waals surface area contributed by atoms with Crippen molar-refractivity contribution in [1.29, 1.82) is 0 Å². The summed E-state index contributed by atoms with van der Waals surface area (Å²) in [5, 5.41) is 2.61. The van der Waals surface area contributed by atoms with E-state index in [9.17, 15) is 18.0 Å². The highest BCUT2D eigenvalue weighted by molar-refractivity contribution is 7.89. The SMILES string of the molecule is C=CC(=O)NCCCN(C)S(=O)(=O)c1cccc(C(=O)N2CCCCC2)c1. The molecule has 1 aromatic carbocycles. The summed E-state index contributed by atoms with van der Waals surface area (Å²) in [5.41, 5.74) is 0.393. The van der Waals surface area contributed by atoms with Gasteiger partial charge in [0, 0.05) is 38.8 Å². The van der Waals surface area contributed by atoms with Crippen LogP contribution in [0.2, 0.25) is 0 Å². The largest absolute Gasteiger partial charge is 0.353 e. The molecule has 7 nitrogen and oxygen atoms in total. The lowest BCUT2D eigenvalue weighted by Gasteiger charge is -2.27. The number of nitrogens with zero attached hydrogens (tertiary/aromatic N) is 2. The van der Waals surface area contributed by atoms with Crippen molar-refractivity contribution in [1.82, 2.24) is 14.5 Å². The zero-order chi connectivity index (χ0) is 19.9. The number of rotatable bonds is 8. The molecule has 0 atom stereocenters. The van der Waals surface area contributed by atoms with Gasteiger partial charge in [0.1, 0.15) is 0 Å². The van der Waals surface area contributed by atoms with Crippen molar-refractivity contribution in [3.8, 4) is 0 Å². The van der Waals surface area contributed by atoms with E-state index in [0.29, 0.717) is 31.6 Å². The van der Waals surface area contributed by atoms with Gasteiger partial charge in [0.05, 0.1) is 4.90 Å². The second kappa shape index (κ2) is 9.66. The van der Waals surface area contributed by atoms with Crippen molar-refractivity contribution in [2.75, 3.05) is 33.2 Å². The van der Waals surface area contributed by atoms with Crippen LogP contribution < -0.4 is 5.32 Å². The Morgan fingerprint density at radius 1 is 1.26 bits per heavy atom. The van der Waals surface area contributed by atoms with Crippen molar-refractivity contribution in [3.63, 3.8) is 0 Å². The van der Waals surface area contributed by atoms with E-state index in [1.54, 1.807) is 17.0 Å². The Labute approximate surface area is 161 Å². The van der Waals surface area contributed by atoms with E-state index in [4.69, 9.17) is 0 Å². The third kappa shape index (κ3) is 5.64. The molecule has 0 aliphatic carbocycles. The fourth-order valence-electron chi connectivity index (χ4n) is 2.95. The number of carbonyl (C=O) groups excluding carboxylic acids is 2. The molecular formula is C19H27N3O4S. The molecule has 0 aromatic heterocycles. The number of amides is 2. The van der Waals surface area contributed by atoms with Crippen LogP contribution in [-0.2, 0) is 14.8 Å². The van der Waals surface area contributed by atoms with E-state index in [1.165, 1.54) is 29.6 Å². The number of likely N-dealkylation sites (tertiary alicyclic amines) is 1. The number of benzene rings is 1. The third-order valence-corrected chi connectivity index (χ3v) is 6.42. The van der Waals surface area contributed by atoms with Crippen LogP contribution >= 0.6 is 0 Å². The summed E-state index contributed by atoms with van der Waals surface area (Å²) in [5.74, 6) is -0.411. The minimum atomic E-state index is -3.70. The third-order valence-electron chi connectivity index (χ3n) is 4.57. The summed E-state index contributed by atoms with van der Waals surface area (Å²) in [6.07, 6.45) is 4.73. The summed E-state index contributed by atoms with van der Waals surface area (Å²) in [4.78, 5) is 25.6. The van der Waals surface area contributed by atoms with Crippen molar-refractivity contribution in [2.45, 2.75) is 30.6 Å².